The molecule has 1 fully saturated rings. The second kappa shape index (κ2) is 36.7. The van der Waals surface area contributed by atoms with Gasteiger partial charge in [-0.05, 0) is 18.8 Å². The first-order valence-corrected chi connectivity index (χ1v) is 24.3. The van der Waals surface area contributed by atoms with E-state index in [0.29, 0.717) is 19.3 Å². The molecular formula is C47H93NO10. The Morgan fingerprint density at radius 1 is 0.569 bits per heavy atom. The van der Waals surface area contributed by atoms with Crippen LogP contribution in [0.4, 0.5) is 0 Å². The van der Waals surface area contributed by atoms with Crippen LogP contribution < -0.4 is 5.32 Å². The molecule has 346 valence electrons. The summed E-state index contributed by atoms with van der Waals surface area (Å²) in [6, 6.07) is -1.16. The molecule has 11 heteroatoms. The van der Waals surface area contributed by atoms with E-state index >= 15 is 0 Å². The van der Waals surface area contributed by atoms with Crippen molar-refractivity contribution in [3.05, 3.63) is 0 Å². The van der Waals surface area contributed by atoms with E-state index in [-0.39, 0.29) is 6.42 Å². The van der Waals surface area contributed by atoms with Crippen molar-refractivity contribution in [1.82, 2.24) is 5.32 Å². The average Bonchev–Trinajstić information content (AvgIpc) is 3.21. The quantitative estimate of drug-likeness (QED) is 0.0280. The molecule has 0 unspecified atom stereocenters. The maximum Gasteiger partial charge on any atom is 0.249 e. The topological polar surface area (TPSA) is 189 Å². The first-order chi connectivity index (χ1) is 28.0. The van der Waals surface area contributed by atoms with Crippen molar-refractivity contribution in [2.75, 3.05) is 13.2 Å². The molecule has 1 rings (SSSR count). The maximum atomic E-state index is 13.1. The average molecular weight is 832 g/mol. The third-order valence-corrected chi connectivity index (χ3v) is 12.1. The zero-order valence-electron chi connectivity index (χ0n) is 37.5. The molecule has 8 N–H and O–H groups in total. The zero-order chi connectivity index (χ0) is 42.8. The van der Waals surface area contributed by atoms with Gasteiger partial charge in [-0.15, -0.1) is 0 Å². The van der Waals surface area contributed by atoms with E-state index in [9.17, 15) is 40.5 Å². The normalized spacial score (nSPS) is 21.9. The van der Waals surface area contributed by atoms with Crippen molar-refractivity contribution < 1.29 is 50.0 Å². The summed E-state index contributed by atoms with van der Waals surface area (Å²) in [5.74, 6) is 0.0528. The van der Waals surface area contributed by atoms with Crippen LogP contribution in [0.5, 0.6) is 0 Å². The number of aliphatic hydroxyl groups is 7. The summed E-state index contributed by atoms with van der Waals surface area (Å²) < 4.78 is 11.1. The van der Waals surface area contributed by atoms with Gasteiger partial charge >= 0.3 is 0 Å². The van der Waals surface area contributed by atoms with Gasteiger partial charge in [0.2, 0.25) is 5.91 Å². The van der Waals surface area contributed by atoms with Crippen LogP contribution in [0.3, 0.4) is 0 Å². The Kier molecular flexibility index (Phi) is 34.9. The van der Waals surface area contributed by atoms with Crippen LogP contribution in [0.2, 0.25) is 0 Å². The van der Waals surface area contributed by atoms with Crippen LogP contribution in [-0.2, 0) is 14.3 Å². The number of amides is 1. The van der Waals surface area contributed by atoms with E-state index in [1.807, 2.05) is 0 Å². The first-order valence-electron chi connectivity index (χ1n) is 24.3. The second-order valence-corrected chi connectivity index (χ2v) is 18.0. The molecule has 1 heterocycles. The Morgan fingerprint density at radius 2 is 0.966 bits per heavy atom. The van der Waals surface area contributed by atoms with Crippen molar-refractivity contribution in [1.29, 1.82) is 0 Å². The summed E-state index contributed by atoms with van der Waals surface area (Å²) in [5.41, 5.74) is 0. The van der Waals surface area contributed by atoms with Crippen LogP contribution in [0, 0.1) is 5.92 Å². The highest BCUT2D eigenvalue weighted by Crippen LogP contribution is 2.23. The minimum Gasteiger partial charge on any atom is -0.394 e. The number of aliphatic hydroxyl groups excluding tert-OH is 7. The Labute approximate surface area is 354 Å². The van der Waals surface area contributed by atoms with Gasteiger partial charge < -0.3 is 50.5 Å². The minimum atomic E-state index is -1.66. The van der Waals surface area contributed by atoms with Crippen LogP contribution in [0.1, 0.15) is 220 Å². The summed E-state index contributed by atoms with van der Waals surface area (Å²) in [5, 5.41) is 75.6. The number of hydrogen-bond donors (Lipinski definition) is 8. The van der Waals surface area contributed by atoms with E-state index in [1.165, 1.54) is 135 Å². The van der Waals surface area contributed by atoms with Gasteiger partial charge in [0.25, 0.3) is 0 Å². The zero-order valence-corrected chi connectivity index (χ0v) is 37.5. The molecule has 0 aromatic heterocycles. The molecule has 0 aromatic rings. The predicted molar refractivity (Wildman–Crippen MR) is 233 cm³/mol. The molecule has 1 aliphatic heterocycles. The van der Waals surface area contributed by atoms with Crippen molar-refractivity contribution in [3.63, 3.8) is 0 Å². The van der Waals surface area contributed by atoms with Gasteiger partial charge in [0.1, 0.15) is 36.6 Å². The lowest BCUT2D eigenvalue weighted by Gasteiger charge is -2.40. The molecule has 0 spiro atoms. The highest BCUT2D eigenvalue weighted by atomic mass is 16.7. The highest BCUT2D eigenvalue weighted by molar-refractivity contribution is 5.80. The van der Waals surface area contributed by atoms with Crippen molar-refractivity contribution in [2.24, 2.45) is 5.92 Å². The largest absolute Gasteiger partial charge is 0.394 e. The molecule has 58 heavy (non-hydrogen) atoms. The van der Waals surface area contributed by atoms with Crippen LogP contribution in [0.15, 0.2) is 0 Å². The minimum absolute atomic E-state index is 0.265. The lowest BCUT2D eigenvalue weighted by atomic mass is 9.98. The standard InChI is InChI=1S/C47H93NO10/c1-4-5-6-7-8-9-10-11-12-13-14-15-16-17-18-19-20-25-28-31-34-40(51)46(56)48-38(36-57-47-45(55)44(54)43(53)41(35-49)58-47)42(52)39(50)33-30-27-24-22-21-23-26-29-32-37(2)3/h37-45,47,49-55H,4-36H2,1-3H3,(H,48,56)/t38-,39+,40+,41+,42-,43-,44-,45+,47+/m0/s1. The summed E-state index contributed by atoms with van der Waals surface area (Å²) in [6.07, 6.45) is 24.6. The summed E-state index contributed by atoms with van der Waals surface area (Å²) in [4.78, 5) is 13.1. The van der Waals surface area contributed by atoms with Gasteiger partial charge in [0.15, 0.2) is 6.29 Å². The number of rotatable bonds is 40. The van der Waals surface area contributed by atoms with E-state index in [2.05, 4.69) is 26.1 Å². The Hall–Kier alpha value is -0.890. The Bertz CT molecular complexity index is 926. The third kappa shape index (κ3) is 27.1. The van der Waals surface area contributed by atoms with Gasteiger partial charge in [0.05, 0.1) is 25.4 Å². The summed E-state index contributed by atoms with van der Waals surface area (Å²) in [7, 11) is 0. The number of carbonyl (C=O) groups is 1. The fraction of sp³-hybridized carbons (Fsp3) is 0.979. The first kappa shape index (κ1) is 55.1. The van der Waals surface area contributed by atoms with Crippen LogP contribution in [-0.4, -0.2) is 110 Å². The number of carbonyl (C=O) groups excluding carboxylic acids is 1. The predicted octanol–water partition coefficient (Wildman–Crippen LogP) is 8.14. The number of nitrogens with one attached hydrogen (secondary N) is 1. The maximum absolute atomic E-state index is 13.1. The lowest BCUT2D eigenvalue weighted by Crippen LogP contribution is -2.60. The second-order valence-electron chi connectivity index (χ2n) is 18.0. The number of ether oxygens (including phenoxy) is 2. The van der Waals surface area contributed by atoms with Crippen LogP contribution >= 0.6 is 0 Å². The van der Waals surface area contributed by atoms with E-state index < -0.39 is 74.2 Å². The molecule has 0 radical (unpaired) electrons. The van der Waals surface area contributed by atoms with Crippen molar-refractivity contribution >= 4 is 5.91 Å². The third-order valence-electron chi connectivity index (χ3n) is 12.1. The molecule has 0 saturated carbocycles. The van der Waals surface area contributed by atoms with E-state index in [0.717, 1.165) is 44.4 Å². The smallest absolute Gasteiger partial charge is 0.249 e. The van der Waals surface area contributed by atoms with E-state index in [4.69, 9.17) is 9.47 Å². The molecule has 9 atom stereocenters. The fourth-order valence-corrected chi connectivity index (χ4v) is 8.04. The molecule has 1 amide bonds. The monoisotopic (exact) mass is 832 g/mol. The van der Waals surface area contributed by atoms with Gasteiger partial charge in [-0.2, -0.15) is 0 Å². The lowest BCUT2D eigenvalue weighted by molar-refractivity contribution is -0.303. The summed E-state index contributed by atoms with van der Waals surface area (Å²) >= 11 is 0. The number of hydrogen-bond acceptors (Lipinski definition) is 10. The SMILES string of the molecule is CCCCCCCCCCCCCCCCCCCCCC[C@@H](O)C(=O)N[C@@H](CO[C@@H]1O[C@H](CO)[C@H](O)[C@H](O)[C@H]1O)[C@H](O)[C@H](O)CCCCCCCCCCC(C)C. The van der Waals surface area contributed by atoms with E-state index in [1.54, 1.807) is 0 Å². The molecule has 1 aliphatic rings. The number of unbranched alkanes of at least 4 members (excludes halogenated alkanes) is 26. The Morgan fingerprint density at radius 3 is 1.38 bits per heavy atom. The van der Waals surface area contributed by atoms with Gasteiger partial charge in [-0.1, -0.05) is 207 Å². The Balaban J connectivity index is 2.37. The van der Waals surface area contributed by atoms with Crippen molar-refractivity contribution in [2.45, 2.75) is 275 Å². The molecule has 0 bridgehead atoms. The summed E-state index contributed by atoms with van der Waals surface area (Å²) in [6.45, 7) is 5.72. The van der Waals surface area contributed by atoms with Gasteiger partial charge in [-0.3, -0.25) is 4.79 Å². The fourth-order valence-electron chi connectivity index (χ4n) is 8.04. The molecule has 11 nitrogen and oxygen atoms in total. The van der Waals surface area contributed by atoms with Crippen LogP contribution in [0.25, 0.3) is 0 Å². The highest BCUT2D eigenvalue weighted by Gasteiger charge is 2.44. The van der Waals surface area contributed by atoms with Crippen molar-refractivity contribution in [3.8, 4) is 0 Å². The molecule has 0 aromatic carbocycles. The van der Waals surface area contributed by atoms with Gasteiger partial charge in [0, 0.05) is 0 Å². The molecule has 0 aliphatic carbocycles. The molecular weight excluding hydrogens is 739 g/mol. The molecule has 1 saturated heterocycles. The van der Waals surface area contributed by atoms with Gasteiger partial charge in [-0.25, -0.2) is 0 Å².